The Balaban J connectivity index is 1.90. The molecule has 1 unspecified atom stereocenters. The summed E-state index contributed by atoms with van der Waals surface area (Å²) < 4.78 is 5.49. The van der Waals surface area contributed by atoms with Crippen LogP contribution in [0.4, 0.5) is 0 Å². The van der Waals surface area contributed by atoms with Gasteiger partial charge in [0.2, 0.25) is 0 Å². The molecular weight excluding hydrogens is 176 g/mol. The lowest BCUT2D eigenvalue weighted by molar-refractivity contribution is 0.0637. The van der Waals surface area contributed by atoms with Crippen molar-refractivity contribution in [1.82, 2.24) is 9.80 Å². The van der Waals surface area contributed by atoms with Gasteiger partial charge in [0.1, 0.15) is 0 Å². The van der Waals surface area contributed by atoms with Crippen LogP contribution in [0.2, 0.25) is 0 Å². The lowest BCUT2D eigenvalue weighted by atomic mass is 10.1. The highest BCUT2D eigenvalue weighted by Crippen LogP contribution is 2.19. The summed E-state index contributed by atoms with van der Waals surface area (Å²) in [5, 5.41) is 0. The first-order valence-corrected chi connectivity index (χ1v) is 5.91. The fourth-order valence-corrected chi connectivity index (χ4v) is 2.69. The molecule has 2 aliphatic heterocycles. The minimum Gasteiger partial charge on any atom is -0.364 e. The zero-order valence-corrected chi connectivity index (χ0v) is 9.41. The first kappa shape index (κ1) is 10.4. The summed E-state index contributed by atoms with van der Waals surface area (Å²) in [6.07, 6.45) is 2.56. The van der Waals surface area contributed by atoms with Crippen LogP contribution in [0.5, 0.6) is 0 Å². The van der Waals surface area contributed by atoms with Crippen LogP contribution in [-0.4, -0.2) is 54.9 Å². The third-order valence-corrected chi connectivity index (χ3v) is 3.66. The number of hydrogen-bond donors (Lipinski definition) is 0. The number of fused-ring (bicyclic) bond motifs is 1. The molecule has 82 valence electrons. The lowest BCUT2D eigenvalue weighted by Gasteiger charge is -2.40. The number of rotatable bonds is 3. The topological polar surface area (TPSA) is 15.7 Å². The molecule has 0 aliphatic carbocycles. The van der Waals surface area contributed by atoms with Crippen molar-refractivity contribution in [2.24, 2.45) is 0 Å². The van der Waals surface area contributed by atoms with Crippen LogP contribution >= 0.6 is 0 Å². The van der Waals surface area contributed by atoms with E-state index in [1.807, 2.05) is 0 Å². The van der Waals surface area contributed by atoms with Gasteiger partial charge in [0.05, 0.1) is 13.3 Å². The van der Waals surface area contributed by atoms with Crippen molar-refractivity contribution < 1.29 is 4.74 Å². The Labute approximate surface area is 87.0 Å². The molecule has 2 saturated heterocycles. The second-order valence-electron chi connectivity index (χ2n) is 4.43. The average molecular weight is 198 g/mol. The van der Waals surface area contributed by atoms with Crippen molar-refractivity contribution in [2.45, 2.75) is 38.8 Å². The number of nitrogens with zero attached hydrogens (tertiary/aromatic N) is 2. The second kappa shape index (κ2) is 4.60. The monoisotopic (exact) mass is 198 g/mol. The Hall–Kier alpha value is -0.120. The Morgan fingerprint density at radius 3 is 2.79 bits per heavy atom. The van der Waals surface area contributed by atoms with Crippen molar-refractivity contribution in [3.63, 3.8) is 0 Å². The summed E-state index contributed by atoms with van der Waals surface area (Å²) in [5.74, 6) is 0. The van der Waals surface area contributed by atoms with Crippen molar-refractivity contribution in [2.75, 3.05) is 33.0 Å². The van der Waals surface area contributed by atoms with Gasteiger partial charge in [0.15, 0.2) is 0 Å². The van der Waals surface area contributed by atoms with Crippen molar-refractivity contribution >= 4 is 0 Å². The van der Waals surface area contributed by atoms with Crippen LogP contribution in [0.1, 0.15) is 26.7 Å². The first-order chi connectivity index (χ1) is 6.85. The summed E-state index contributed by atoms with van der Waals surface area (Å²) >= 11 is 0. The molecule has 0 spiro atoms. The van der Waals surface area contributed by atoms with Gasteiger partial charge in [0, 0.05) is 31.7 Å². The van der Waals surface area contributed by atoms with Gasteiger partial charge in [-0.1, -0.05) is 13.8 Å². The minimum absolute atomic E-state index is 0.671. The van der Waals surface area contributed by atoms with E-state index in [0.29, 0.717) is 6.04 Å². The van der Waals surface area contributed by atoms with E-state index in [1.54, 1.807) is 0 Å². The van der Waals surface area contributed by atoms with E-state index in [1.165, 1.54) is 32.5 Å². The maximum Gasteiger partial charge on any atom is 0.0995 e. The fourth-order valence-electron chi connectivity index (χ4n) is 2.69. The van der Waals surface area contributed by atoms with E-state index in [9.17, 15) is 0 Å². The van der Waals surface area contributed by atoms with E-state index < -0.39 is 0 Å². The molecule has 0 aromatic carbocycles. The van der Waals surface area contributed by atoms with Crippen molar-refractivity contribution in [1.29, 1.82) is 0 Å². The molecule has 2 rings (SSSR count). The van der Waals surface area contributed by atoms with Gasteiger partial charge in [0.25, 0.3) is 0 Å². The summed E-state index contributed by atoms with van der Waals surface area (Å²) in [6.45, 7) is 10.0. The Bertz CT molecular complexity index is 182. The predicted octanol–water partition coefficient (Wildman–Crippen LogP) is 1.15. The Kier molecular flexibility index (Phi) is 3.42. The summed E-state index contributed by atoms with van der Waals surface area (Å²) in [4.78, 5) is 5.12. The van der Waals surface area contributed by atoms with Crippen LogP contribution in [0.25, 0.3) is 0 Å². The highest BCUT2D eigenvalue weighted by atomic mass is 16.5. The maximum atomic E-state index is 5.49. The van der Waals surface area contributed by atoms with Crippen LogP contribution < -0.4 is 0 Å². The van der Waals surface area contributed by atoms with Gasteiger partial charge in [-0.2, -0.15) is 0 Å². The van der Waals surface area contributed by atoms with Crippen molar-refractivity contribution in [3.8, 4) is 0 Å². The molecule has 3 nitrogen and oxygen atoms in total. The number of ether oxygens (including phenoxy) is 1. The Morgan fingerprint density at radius 1 is 1.29 bits per heavy atom. The average Bonchev–Trinajstić information content (AvgIpc) is 2.66. The highest BCUT2D eigenvalue weighted by Gasteiger charge is 2.32. The smallest absolute Gasteiger partial charge is 0.0995 e. The molecule has 3 heteroatoms. The molecule has 0 bridgehead atoms. The molecule has 14 heavy (non-hydrogen) atoms. The molecule has 1 atom stereocenters. The van der Waals surface area contributed by atoms with Gasteiger partial charge in [-0.25, -0.2) is 0 Å². The van der Waals surface area contributed by atoms with Gasteiger partial charge in [-0.3, -0.25) is 9.80 Å². The highest BCUT2D eigenvalue weighted by molar-refractivity contribution is 4.86. The van der Waals surface area contributed by atoms with Crippen LogP contribution in [-0.2, 0) is 4.74 Å². The molecule has 2 heterocycles. The normalized spacial score (nSPS) is 29.8. The molecule has 0 aromatic heterocycles. The van der Waals surface area contributed by atoms with Crippen LogP contribution in [0.3, 0.4) is 0 Å². The Morgan fingerprint density at radius 2 is 2.07 bits per heavy atom. The SMILES string of the molecule is CCC(CC)N1CCN2COCC2C1. The lowest BCUT2D eigenvalue weighted by Crippen LogP contribution is -2.53. The maximum absolute atomic E-state index is 5.49. The molecule has 0 N–H and O–H groups in total. The second-order valence-corrected chi connectivity index (χ2v) is 4.43. The number of piperazine rings is 1. The van der Waals surface area contributed by atoms with E-state index in [4.69, 9.17) is 4.74 Å². The van der Waals surface area contributed by atoms with E-state index >= 15 is 0 Å². The molecule has 0 aromatic rings. The molecule has 0 radical (unpaired) electrons. The van der Waals surface area contributed by atoms with Gasteiger partial charge in [-0.05, 0) is 12.8 Å². The molecule has 0 saturated carbocycles. The van der Waals surface area contributed by atoms with Gasteiger partial charge >= 0.3 is 0 Å². The zero-order valence-electron chi connectivity index (χ0n) is 9.41. The van der Waals surface area contributed by atoms with E-state index in [-0.39, 0.29) is 0 Å². The standard InChI is InChI=1S/C11H22N2O/c1-3-10(4-2)12-5-6-13-9-14-8-11(13)7-12/h10-11H,3-9H2,1-2H3. The molecule has 2 aliphatic rings. The van der Waals surface area contributed by atoms with Crippen LogP contribution in [0.15, 0.2) is 0 Å². The van der Waals surface area contributed by atoms with Gasteiger partial charge < -0.3 is 4.74 Å². The van der Waals surface area contributed by atoms with Gasteiger partial charge in [-0.15, -0.1) is 0 Å². The summed E-state index contributed by atoms with van der Waals surface area (Å²) in [6, 6.07) is 1.46. The number of hydrogen-bond acceptors (Lipinski definition) is 3. The van der Waals surface area contributed by atoms with Crippen molar-refractivity contribution in [3.05, 3.63) is 0 Å². The summed E-state index contributed by atoms with van der Waals surface area (Å²) in [7, 11) is 0. The summed E-state index contributed by atoms with van der Waals surface area (Å²) in [5.41, 5.74) is 0. The fraction of sp³-hybridized carbons (Fsp3) is 1.00. The molecule has 2 fully saturated rings. The third kappa shape index (κ3) is 1.95. The predicted molar refractivity (Wildman–Crippen MR) is 57.3 cm³/mol. The third-order valence-electron chi connectivity index (χ3n) is 3.66. The van der Waals surface area contributed by atoms with E-state index in [2.05, 4.69) is 23.6 Å². The molecular formula is C11H22N2O. The first-order valence-electron chi connectivity index (χ1n) is 5.91. The zero-order chi connectivity index (χ0) is 9.97. The van der Waals surface area contributed by atoms with Crippen LogP contribution in [0, 0.1) is 0 Å². The minimum atomic E-state index is 0.671. The molecule has 0 amide bonds. The quantitative estimate of drug-likeness (QED) is 0.676. The van der Waals surface area contributed by atoms with E-state index in [0.717, 1.165) is 19.4 Å². The largest absolute Gasteiger partial charge is 0.364 e.